The van der Waals surface area contributed by atoms with Crippen LogP contribution in [0.15, 0.2) is 41.2 Å². The fraction of sp³-hybridized carbons (Fsp3) is 0.655. The van der Waals surface area contributed by atoms with Crippen molar-refractivity contribution in [1.29, 1.82) is 0 Å². The quantitative estimate of drug-likeness (QED) is 0.0230. The Balaban J connectivity index is 2.32. The summed E-state index contributed by atoms with van der Waals surface area (Å²) in [6.07, 6.45) is -19.1. The molecule has 2 aliphatic rings. The lowest BCUT2D eigenvalue weighted by Gasteiger charge is -2.46. The first kappa shape index (κ1) is 78.9. The molecule has 93 heavy (non-hydrogen) atoms. The molecule has 0 bridgehead atoms. The van der Waals surface area contributed by atoms with Crippen molar-refractivity contribution in [3.8, 4) is 0 Å². The summed E-state index contributed by atoms with van der Waals surface area (Å²) in [4.78, 5) is 155. The second-order valence-electron chi connectivity index (χ2n) is 20.3. The normalized spacial score (nSPS) is 21.9. The van der Waals surface area contributed by atoms with Crippen LogP contribution < -0.4 is 0 Å². The number of esters is 11. The summed E-state index contributed by atoms with van der Waals surface area (Å²) in [5, 5.41) is 31.9. The number of nitrogens with zero attached hydrogens (tertiary/aromatic N) is 4. The summed E-state index contributed by atoms with van der Waals surface area (Å²) < 4.78 is 97.0. The summed E-state index contributed by atoms with van der Waals surface area (Å²) in [7, 11) is 0. The van der Waals surface area contributed by atoms with Gasteiger partial charge >= 0.3 is 65.7 Å². The molecule has 35 heteroatoms. The van der Waals surface area contributed by atoms with Gasteiger partial charge in [0.15, 0.2) is 48.3 Å². The molecule has 1 aromatic heterocycles. The molecule has 1 aromatic rings. The maximum absolute atomic E-state index is 14.1. The lowest BCUT2D eigenvalue weighted by molar-refractivity contribution is -0.332. The molecule has 35 nitrogen and oxygen atoms in total. The van der Waals surface area contributed by atoms with Crippen molar-refractivity contribution in [1.82, 2.24) is 19.9 Å². The molecule has 13 atom stereocenters. The van der Waals surface area contributed by atoms with Gasteiger partial charge in [-0.3, -0.25) is 57.5 Å². The van der Waals surface area contributed by atoms with Crippen molar-refractivity contribution in [2.24, 2.45) is 0 Å². The summed E-state index contributed by atoms with van der Waals surface area (Å²) in [6.45, 7) is 14.0. The molecule has 0 aromatic carbocycles. The average Bonchev–Trinajstić information content (AvgIpc) is 1.07. The third kappa shape index (κ3) is 27.0. The average molecular weight is 1330 g/mol. The van der Waals surface area contributed by atoms with Crippen LogP contribution in [0.1, 0.15) is 115 Å². The first-order chi connectivity index (χ1) is 43.8. The van der Waals surface area contributed by atoms with Crippen LogP contribution in [0.5, 0.6) is 0 Å². The van der Waals surface area contributed by atoms with Crippen molar-refractivity contribution >= 4 is 71.6 Å². The van der Waals surface area contributed by atoms with Crippen LogP contribution >= 0.6 is 0 Å². The number of rotatable bonds is 36. The van der Waals surface area contributed by atoms with Crippen molar-refractivity contribution < 1.29 is 148 Å². The van der Waals surface area contributed by atoms with Crippen LogP contribution in [0, 0.1) is 0 Å². The van der Waals surface area contributed by atoms with E-state index in [1.165, 1.54) is 23.9 Å². The Morgan fingerprint density at radius 1 is 0.581 bits per heavy atom. The van der Waals surface area contributed by atoms with Gasteiger partial charge in [-0.25, -0.2) is 4.68 Å². The summed E-state index contributed by atoms with van der Waals surface area (Å²) in [5.74, 6) is -14.6. The molecular weight excluding hydrogens is 1250 g/mol. The van der Waals surface area contributed by atoms with E-state index in [0.29, 0.717) is 19.8 Å². The highest BCUT2D eigenvalue weighted by Gasteiger charge is 2.55. The molecule has 3 unspecified atom stereocenters. The Morgan fingerprint density at radius 3 is 1.69 bits per heavy atom. The van der Waals surface area contributed by atoms with Crippen molar-refractivity contribution in [2.45, 2.75) is 203 Å². The number of aromatic nitrogens is 3. The zero-order valence-corrected chi connectivity index (χ0v) is 54.0. The largest absolute Gasteiger partial charge is 0.466 e. The molecular formula is C58H82N4O31. The number of aliphatic hydroxyl groups excluding tert-OH is 2. The molecule has 0 saturated carbocycles. The second-order valence-corrected chi connectivity index (χ2v) is 20.3. The van der Waals surface area contributed by atoms with E-state index in [9.17, 15) is 67.7 Å². The molecule has 1 aliphatic heterocycles. The zero-order chi connectivity index (χ0) is 69.8. The van der Waals surface area contributed by atoms with Crippen LogP contribution in [0.2, 0.25) is 0 Å². The number of carbonyl (C=O) groups is 12. The van der Waals surface area contributed by atoms with Gasteiger partial charge in [0.25, 0.3) is 0 Å². The van der Waals surface area contributed by atoms with Crippen molar-refractivity contribution in [2.75, 3.05) is 46.2 Å². The Bertz CT molecular complexity index is 2870. The van der Waals surface area contributed by atoms with Crippen LogP contribution in [0.25, 0.3) is 0 Å². The number of aliphatic hydroxyl groups is 2. The molecule has 1 saturated heterocycles. The van der Waals surface area contributed by atoms with Gasteiger partial charge in [-0.15, -0.1) is 5.10 Å². The Hall–Kier alpha value is -8.32. The third-order valence-corrected chi connectivity index (χ3v) is 12.6. The zero-order valence-electron chi connectivity index (χ0n) is 54.0. The fourth-order valence-corrected chi connectivity index (χ4v) is 9.25. The van der Waals surface area contributed by atoms with E-state index in [4.69, 9.17) is 80.5 Å². The first-order valence-corrected chi connectivity index (χ1v) is 29.0. The van der Waals surface area contributed by atoms with Crippen molar-refractivity contribution in [3.63, 3.8) is 0 Å². The number of amides is 1. The van der Waals surface area contributed by atoms with Gasteiger partial charge in [-0.1, -0.05) is 18.2 Å². The van der Waals surface area contributed by atoms with Gasteiger partial charge in [0.05, 0.1) is 57.9 Å². The highest BCUT2D eigenvalue weighted by molar-refractivity contribution is 5.76. The highest BCUT2D eigenvalue weighted by atomic mass is 16.8. The molecule has 2 heterocycles. The van der Waals surface area contributed by atoms with E-state index < -0.39 is 201 Å². The van der Waals surface area contributed by atoms with E-state index in [0.717, 1.165) is 94.1 Å². The minimum Gasteiger partial charge on any atom is -0.466 e. The minimum atomic E-state index is -2.55. The maximum Gasteiger partial charge on any atom is 0.308 e. The summed E-state index contributed by atoms with van der Waals surface area (Å²) >= 11 is 0. The molecule has 0 spiro atoms. The lowest BCUT2D eigenvalue weighted by atomic mass is 9.85. The van der Waals surface area contributed by atoms with Crippen LogP contribution in [-0.4, -0.2) is 228 Å². The van der Waals surface area contributed by atoms with Crippen LogP contribution in [0.4, 0.5) is 0 Å². The highest BCUT2D eigenvalue weighted by Crippen LogP contribution is 2.36. The van der Waals surface area contributed by atoms with Crippen molar-refractivity contribution in [3.05, 3.63) is 46.9 Å². The number of carbonyl (C=O) groups excluding carboxylic acids is 12. The molecule has 2 N–H and O–H groups in total. The number of hydrogen-bond donors (Lipinski definition) is 2. The maximum atomic E-state index is 14.1. The Kier molecular flexibility index (Phi) is 33.3. The molecule has 1 fully saturated rings. The van der Waals surface area contributed by atoms with E-state index in [1.54, 1.807) is 0 Å². The molecule has 0 radical (unpaired) electrons. The topological polar surface area (TPSA) is 436 Å². The molecule has 520 valence electrons. The Morgan fingerprint density at radius 2 is 1.14 bits per heavy atom. The smallest absolute Gasteiger partial charge is 0.308 e. The lowest BCUT2D eigenvalue weighted by Crippen LogP contribution is -2.63. The van der Waals surface area contributed by atoms with Gasteiger partial charge < -0.3 is 95.6 Å². The summed E-state index contributed by atoms with van der Waals surface area (Å²) in [6, 6.07) is -2.92. The minimum absolute atomic E-state index is 0.0578. The van der Waals surface area contributed by atoms with Crippen LogP contribution in [0.3, 0.4) is 0 Å². The van der Waals surface area contributed by atoms with Gasteiger partial charge in [-0.05, 0) is 19.4 Å². The van der Waals surface area contributed by atoms with E-state index >= 15 is 0 Å². The SMILES string of the molecule is CCOCCOCCn1cc(CO[C@H](O)/C(OC(C)=O)=C(/OC(C)=O)[C@@H](CCOC(C)=O)O[C@H]2OC(COC(C)=O)[C@@H](O[C@@H](O)/C(=C/[C@@H](CC)N(C(C)=O)[C@H]3C=C(COC(C)=O)[C@@H](OC(C)=O)[C@H](OC(C)=O)[C@@H]3OC(C)=O)OC(C)=O)C(OC(C)=O)C2OC(C)=O)nn1. The van der Waals surface area contributed by atoms with Gasteiger partial charge in [0, 0.05) is 102 Å². The molecule has 1 aliphatic carbocycles. The van der Waals surface area contributed by atoms with E-state index in [-0.39, 0.29) is 30.8 Å². The number of hydrogen-bond acceptors (Lipinski definition) is 33. The van der Waals surface area contributed by atoms with Gasteiger partial charge in [-0.2, -0.15) is 0 Å². The second kappa shape index (κ2) is 39.3. The fourth-order valence-electron chi connectivity index (χ4n) is 9.25. The van der Waals surface area contributed by atoms with Crippen LogP contribution in [-0.2, 0) is 151 Å². The standard InChI is InChI=1S/C58H82N4O31/c1-15-43(62(29(3)63)44-23-41(26-80-31(5)65)48(84-34(8)68)52(87-37(11)71)49(44)85-35(9)69)24-46(83-33(7)67)56(75)93-51-47(28-81-32(6)66)92-58(55(90-40(14)74)53(51)88-38(12)72)91-45(17-19-79-30(4)64)50(86-36(10)70)54(89-39(13)73)57(76)82-27-42-25-61(60-59-42)18-20-78-22-21-77-16-2/h23-25,43-45,47-49,51-53,55-58,75-76H,15-22,26-28H2,1-14H3/b46-24-,54-50-/t43-,44+,45-,47?,48-,49-,51-,52+,53?,55?,56-,57+,58+/m1/s1. The number of ether oxygens (including phenoxy) is 17. The van der Waals surface area contributed by atoms with Gasteiger partial charge in [0.2, 0.25) is 24.2 Å². The molecule has 3 rings (SSSR count). The predicted molar refractivity (Wildman–Crippen MR) is 304 cm³/mol. The third-order valence-electron chi connectivity index (χ3n) is 12.6. The predicted octanol–water partition coefficient (Wildman–Crippen LogP) is 0.438. The Labute approximate surface area is 534 Å². The first-order valence-electron chi connectivity index (χ1n) is 29.0. The van der Waals surface area contributed by atoms with E-state index in [1.807, 2.05) is 6.92 Å². The monoisotopic (exact) mass is 1330 g/mol. The van der Waals surface area contributed by atoms with E-state index in [2.05, 4.69) is 10.3 Å². The molecule has 1 amide bonds. The summed E-state index contributed by atoms with van der Waals surface area (Å²) in [5.41, 5.74) is 0.0713. The van der Waals surface area contributed by atoms with Gasteiger partial charge in [0.1, 0.15) is 37.2 Å².